The summed E-state index contributed by atoms with van der Waals surface area (Å²) in [6.07, 6.45) is 12.0. The zero-order valence-corrected chi connectivity index (χ0v) is 10.3. The van der Waals surface area contributed by atoms with Crippen molar-refractivity contribution in [3.05, 3.63) is 12.7 Å². The van der Waals surface area contributed by atoms with E-state index in [0.717, 1.165) is 37.4 Å². The number of hydrogen-bond acceptors (Lipinski definition) is 1. The van der Waals surface area contributed by atoms with Crippen LogP contribution in [0.5, 0.6) is 0 Å². The molecule has 90 valence electrons. The molecule has 1 heteroatoms. The molecule has 0 aliphatic heterocycles. The predicted molar refractivity (Wildman–Crippen MR) is 66.2 cm³/mol. The molecule has 4 saturated carbocycles. The van der Waals surface area contributed by atoms with Gasteiger partial charge in [0.05, 0.1) is 13.2 Å². The Morgan fingerprint density at radius 3 is 2.12 bits per heavy atom. The molecular formula is C15H24O. The Labute approximate surface area is 99.3 Å². The summed E-state index contributed by atoms with van der Waals surface area (Å²) in [5.41, 5.74) is 0.593. The van der Waals surface area contributed by atoms with Gasteiger partial charge in [0.15, 0.2) is 0 Å². The minimum Gasteiger partial charge on any atom is -0.381 e. The van der Waals surface area contributed by atoms with Gasteiger partial charge in [-0.15, -0.1) is 6.58 Å². The molecule has 0 aromatic heterocycles. The van der Waals surface area contributed by atoms with Crippen LogP contribution in [0.2, 0.25) is 0 Å². The zero-order chi connectivity index (χ0) is 11.0. The van der Waals surface area contributed by atoms with E-state index in [4.69, 9.17) is 4.74 Å². The Balaban J connectivity index is 1.58. The SMILES string of the molecule is C=CCCOCC12CC3CC(CC(C3)C1)C2. The molecule has 0 spiro atoms. The molecule has 16 heavy (non-hydrogen) atoms. The van der Waals surface area contributed by atoms with Crippen LogP contribution in [0, 0.1) is 23.2 Å². The molecule has 0 radical (unpaired) electrons. The molecule has 4 rings (SSSR count). The first-order chi connectivity index (χ1) is 7.80. The lowest BCUT2D eigenvalue weighted by Gasteiger charge is -2.56. The monoisotopic (exact) mass is 220 g/mol. The summed E-state index contributed by atoms with van der Waals surface area (Å²) >= 11 is 0. The topological polar surface area (TPSA) is 9.23 Å². The van der Waals surface area contributed by atoms with E-state index in [9.17, 15) is 0 Å². The molecule has 0 N–H and O–H groups in total. The fourth-order valence-electron chi connectivity index (χ4n) is 4.92. The van der Waals surface area contributed by atoms with Crippen LogP contribution in [-0.2, 0) is 4.74 Å². The molecule has 1 nitrogen and oxygen atoms in total. The second-order valence-corrected chi connectivity index (χ2v) is 6.55. The fraction of sp³-hybridized carbons (Fsp3) is 0.867. The Kier molecular flexibility index (Phi) is 2.83. The summed E-state index contributed by atoms with van der Waals surface area (Å²) in [6.45, 7) is 5.66. The van der Waals surface area contributed by atoms with E-state index in [1.807, 2.05) is 6.08 Å². The third-order valence-corrected chi connectivity index (χ3v) is 5.04. The van der Waals surface area contributed by atoms with Gasteiger partial charge in [-0.2, -0.15) is 0 Å². The highest BCUT2D eigenvalue weighted by molar-refractivity contribution is 5.01. The minimum atomic E-state index is 0.593. The standard InChI is InChI=1S/C15H24O/c1-2-3-4-16-11-15-8-12-5-13(9-15)7-14(6-12)10-15/h2,12-14H,1,3-11H2. The number of rotatable bonds is 5. The Morgan fingerprint density at radius 2 is 1.62 bits per heavy atom. The Bertz CT molecular complexity index is 233. The van der Waals surface area contributed by atoms with Crippen molar-refractivity contribution in [2.45, 2.75) is 44.9 Å². The molecule has 4 aliphatic carbocycles. The first-order valence-electron chi connectivity index (χ1n) is 6.98. The summed E-state index contributed by atoms with van der Waals surface area (Å²) in [4.78, 5) is 0. The summed E-state index contributed by atoms with van der Waals surface area (Å²) in [5.74, 6) is 3.15. The molecule has 0 amide bonds. The average molecular weight is 220 g/mol. The van der Waals surface area contributed by atoms with Gasteiger partial charge >= 0.3 is 0 Å². The molecule has 4 fully saturated rings. The summed E-state index contributed by atoms with van der Waals surface area (Å²) < 4.78 is 5.89. The van der Waals surface area contributed by atoms with Crippen LogP contribution in [0.3, 0.4) is 0 Å². The van der Waals surface area contributed by atoms with E-state index >= 15 is 0 Å². The normalized spacial score (nSPS) is 44.9. The van der Waals surface area contributed by atoms with E-state index in [1.165, 1.54) is 38.5 Å². The second kappa shape index (κ2) is 4.18. The van der Waals surface area contributed by atoms with Crippen molar-refractivity contribution in [1.29, 1.82) is 0 Å². The molecule has 0 atom stereocenters. The van der Waals surface area contributed by atoms with E-state index in [-0.39, 0.29) is 0 Å². The summed E-state index contributed by atoms with van der Waals surface area (Å²) in [7, 11) is 0. The molecule has 4 bridgehead atoms. The van der Waals surface area contributed by atoms with Gasteiger partial charge < -0.3 is 4.74 Å². The molecule has 0 heterocycles. The van der Waals surface area contributed by atoms with Crippen molar-refractivity contribution in [1.82, 2.24) is 0 Å². The molecule has 4 aliphatic rings. The average Bonchev–Trinajstić information content (AvgIpc) is 2.22. The third kappa shape index (κ3) is 1.95. The second-order valence-electron chi connectivity index (χ2n) is 6.55. The highest BCUT2D eigenvalue weighted by Gasteiger charge is 2.50. The van der Waals surface area contributed by atoms with Crippen molar-refractivity contribution in [2.24, 2.45) is 23.2 Å². The van der Waals surface area contributed by atoms with Gasteiger partial charge in [0.25, 0.3) is 0 Å². The highest BCUT2D eigenvalue weighted by Crippen LogP contribution is 2.59. The van der Waals surface area contributed by atoms with E-state index < -0.39 is 0 Å². The molecule has 0 aromatic rings. The largest absolute Gasteiger partial charge is 0.381 e. The first kappa shape index (κ1) is 10.8. The van der Waals surface area contributed by atoms with E-state index in [1.54, 1.807) is 0 Å². The molecule has 0 unspecified atom stereocenters. The van der Waals surface area contributed by atoms with Crippen LogP contribution < -0.4 is 0 Å². The quantitative estimate of drug-likeness (QED) is 0.506. The highest BCUT2D eigenvalue weighted by atomic mass is 16.5. The van der Waals surface area contributed by atoms with E-state index in [0.29, 0.717) is 5.41 Å². The number of ether oxygens (including phenoxy) is 1. The maximum atomic E-state index is 5.89. The summed E-state index contributed by atoms with van der Waals surface area (Å²) in [5, 5.41) is 0. The predicted octanol–water partition coefficient (Wildman–Crippen LogP) is 3.80. The number of hydrogen-bond donors (Lipinski definition) is 0. The molecular weight excluding hydrogens is 196 g/mol. The maximum absolute atomic E-state index is 5.89. The van der Waals surface area contributed by atoms with Crippen LogP contribution in [0.15, 0.2) is 12.7 Å². The minimum absolute atomic E-state index is 0.593. The fourth-order valence-corrected chi connectivity index (χ4v) is 4.92. The van der Waals surface area contributed by atoms with Crippen molar-refractivity contribution in [3.63, 3.8) is 0 Å². The smallest absolute Gasteiger partial charge is 0.0522 e. The Morgan fingerprint density at radius 1 is 1.06 bits per heavy atom. The van der Waals surface area contributed by atoms with Gasteiger partial charge in [-0.1, -0.05) is 6.08 Å². The van der Waals surface area contributed by atoms with Crippen LogP contribution in [0.1, 0.15) is 44.9 Å². The third-order valence-electron chi connectivity index (χ3n) is 5.04. The lowest BCUT2D eigenvalue weighted by atomic mass is 9.50. The lowest BCUT2D eigenvalue weighted by Crippen LogP contribution is -2.48. The van der Waals surface area contributed by atoms with E-state index in [2.05, 4.69) is 6.58 Å². The van der Waals surface area contributed by atoms with Gasteiger partial charge in [-0.05, 0) is 68.1 Å². The van der Waals surface area contributed by atoms with Crippen molar-refractivity contribution >= 4 is 0 Å². The van der Waals surface area contributed by atoms with Crippen LogP contribution >= 0.6 is 0 Å². The van der Waals surface area contributed by atoms with Crippen molar-refractivity contribution in [3.8, 4) is 0 Å². The Hall–Kier alpha value is -0.300. The first-order valence-corrected chi connectivity index (χ1v) is 6.98. The maximum Gasteiger partial charge on any atom is 0.0522 e. The van der Waals surface area contributed by atoms with Gasteiger partial charge in [-0.25, -0.2) is 0 Å². The van der Waals surface area contributed by atoms with Gasteiger partial charge in [0, 0.05) is 0 Å². The van der Waals surface area contributed by atoms with Gasteiger partial charge in [0.2, 0.25) is 0 Å². The van der Waals surface area contributed by atoms with Crippen LogP contribution in [0.25, 0.3) is 0 Å². The van der Waals surface area contributed by atoms with Crippen LogP contribution in [-0.4, -0.2) is 13.2 Å². The zero-order valence-electron chi connectivity index (χ0n) is 10.3. The van der Waals surface area contributed by atoms with Crippen LogP contribution in [0.4, 0.5) is 0 Å². The molecule has 0 saturated heterocycles. The van der Waals surface area contributed by atoms with Gasteiger partial charge in [-0.3, -0.25) is 0 Å². The van der Waals surface area contributed by atoms with Crippen molar-refractivity contribution in [2.75, 3.05) is 13.2 Å². The molecule has 0 aromatic carbocycles. The van der Waals surface area contributed by atoms with Crippen molar-refractivity contribution < 1.29 is 4.74 Å². The van der Waals surface area contributed by atoms with Gasteiger partial charge in [0.1, 0.15) is 0 Å². The summed E-state index contributed by atoms with van der Waals surface area (Å²) in [6, 6.07) is 0. The lowest BCUT2D eigenvalue weighted by molar-refractivity contribution is -0.0957.